The van der Waals surface area contributed by atoms with Crippen LogP contribution in [0.1, 0.15) is 111 Å². The topological polar surface area (TPSA) is 573 Å². The molecule has 0 saturated carbocycles. The Bertz CT molecular complexity index is 5380. The van der Waals surface area contributed by atoms with Gasteiger partial charge in [0.25, 0.3) is 5.91 Å². The Morgan fingerprint density at radius 3 is 2.00 bits per heavy atom. The summed E-state index contributed by atoms with van der Waals surface area (Å²) in [5.74, 6) is -16.0. The molecule has 1 aromatic heterocycles. The number of rotatable bonds is 21. The van der Waals surface area contributed by atoms with Crippen molar-refractivity contribution in [1.29, 1.82) is 0 Å². The summed E-state index contributed by atoms with van der Waals surface area (Å²) in [4.78, 5) is 155. The first-order valence-corrected chi connectivity index (χ1v) is 40.3. The van der Waals surface area contributed by atoms with Crippen molar-refractivity contribution in [1.82, 2.24) is 57.1 Å². The second-order valence-corrected chi connectivity index (χ2v) is 32.1. The van der Waals surface area contributed by atoms with E-state index in [-0.39, 0.29) is 60.1 Å². The van der Waals surface area contributed by atoms with E-state index in [9.17, 15) is 69.9 Å². The number of aromatic hydroxyl groups is 3. The summed E-state index contributed by atoms with van der Waals surface area (Å²) in [5.41, 5.74) is 1.71. The molecule has 14 rings (SSSR count). The molecule has 2 saturated heterocycles. The van der Waals surface area contributed by atoms with Crippen LogP contribution in [0.4, 0.5) is 5.82 Å². The number of aliphatic hydroxyl groups is 6. The number of nitrogens with two attached hydrogens (primary N) is 1. The molecule has 9 amide bonds. The van der Waals surface area contributed by atoms with Gasteiger partial charge < -0.3 is 128 Å². The van der Waals surface area contributed by atoms with E-state index >= 15 is 24.0 Å². The number of hydroxylamine groups is 2. The third-order valence-corrected chi connectivity index (χ3v) is 22.5. The lowest BCUT2D eigenvalue weighted by Crippen LogP contribution is -2.65. The van der Waals surface area contributed by atoms with Gasteiger partial charge in [0.1, 0.15) is 101 Å². The number of amides is 9. The number of nitrogens with one attached hydrogen (secondary N) is 9. The van der Waals surface area contributed by atoms with E-state index in [1.807, 2.05) is 13.8 Å². The SMILES string of the molecule is CNC(CC(C)C)C(=O)NC1C(=O)NC(CC(N)=O)C(=O)NC2C(=O)NC3C(=O)NC(C(=O)N[C@@H](C(=O)N(C)OC)c4cc(O)cc(O)c4-c4cc3ccc4O)C(O)c3ccc(c(Cl)c3)Oc3cc2cc(c3OC2OC(CO)C(O)C(O)C2OC2C[C@@](C)(NCCn3ccc(NC(=O)/C=C/c4ccc(Cl)cc4)nc3=O)C(O)C(C)O2)Oc2ccc(cc2Cl)C1O. The smallest absolute Gasteiger partial charge is 0.349 e. The lowest BCUT2D eigenvalue weighted by atomic mass is 9.85. The van der Waals surface area contributed by atoms with Crippen molar-refractivity contribution in [3.63, 3.8) is 0 Å². The zero-order valence-electron chi connectivity index (χ0n) is 67.8. The number of ether oxygens (including phenoxy) is 6. The summed E-state index contributed by atoms with van der Waals surface area (Å²) in [6.45, 7) is 5.61. The Balaban J connectivity index is 0.999. The fourth-order valence-corrected chi connectivity index (χ4v) is 15.5. The molecule has 666 valence electrons. The number of hydrogen-bond acceptors (Lipinski definition) is 29. The summed E-state index contributed by atoms with van der Waals surface area (Å²) in [5, 5.41) is 131. The van der Waals surface area contributed by atoms with Crippen LogP contribution in [0.25, 0.3) is 17.2 Å². The minimum absolute atomic E-state index is 0.0331. The highest BCUT2D eigenvalue weighted by Crippen LogP contribution is 2.50. The molecule has 8 heterocycles. The van der Waals surface area contributed by atoms with E-state index in [2.05, 4.69) is 52.8 Å². The second-order valence-electron chi connectivity index (χ2n) is 30.9. The molecule has 16 unspecified atom stereocenters. The maximum Gasteiger partial charge on any atom is 0.349 e. The van der Waals surface area contributed by atoms with Crippen LogP contribution < -0.4 is 73.5 Å². The first-order valence-electron chi connectivity index (χ1n) is 39.2. The highest BCUT2D eigenvalue weighted by Gasteiger charge is 2.52. The van der Waals surface area contributed by atoms with Crippen LogP contribution in [-0.4, -0.2) is 227 Å². The number of anilines is 1. The van der Waals surface area contributed by atoms with Crippen LogP contribution in [0, 0.1) is 5.92 Å². The number of fused-ring (bicyclic) bond motifs is 15. The number of carbonyl (C=O) groups is 9. The maximum atomic E-state index is 16.3. The third kappa shape index (κ3) is 21.0. The van der Waals surface area contributed by atoms with Crippen molar-refractivity contribution >= 4 is 99.9 Å². The molecule has 42 heteroatoms. The molecular formula is C83H92Cl3N13O26. The molecule has 0 radical (unpaired) electrons. The Morgan fingerprint density at radius 1 is 0.736 bits per heavy atom. The van der Waals surface area contributed by atoms with E-state index < -0.39 is 254 Å². The molecule has 18 atom stereocenters. The quantitative estimate of drug-likeness (QED) is 0.0362. The number of hydrogen-bond donors (Lipinski definition) is 19. The largest absolute Gasteiger partial charge is 0.508 e. The van der Waals surface area contributed by atoms with Gasteiger partial charge in [-0.3, -0.25) is 52.6 Å². The van der Waals surface area contributed by atoms with Gasteiger partial charge in [0.2, 0.25) is 59.3 Å². The van der Waals surface area contributed by atoms with Gasteiger partial charge in [-0.25, -0.2) is 9.86 Å². The summed E-state index contributed by atoms with van der Waals surface area (Å²) in [7, 11) is 3.70. The van der Waals surface area contributed by atoms with Gasteiger partial charge in [-0.1, -0.05) is 79.0 Å². The number of benzene rings is 6. The van der Waals surface area contributed by atoms with Crippen LogP contribution in [0.2, 0.25) is 15.1 Å². The first-order chi connectivity index (χ1) is 59.3. The Morgan fingerprint density at radius 2 is 1.38 bits per heavy atom. The maximum absolute atomic E-state index is 16.3. The van der Waals surface area contributed by atoms with Gasteiger partial charge in [-0.15, -0.1) is 0 Å². The Labute approximate surface area is 727 Å². The van der Waals surface area contributed by atoms with Gasteiger partial charge in [-0.05, 0) is 145 Å². The molecule has 7 aliphatic heterocycles. The molecule has 0 aliphatic carbocycles. The molecule has 6 aromatic carbocycles. The van der Waals surface area contributed by atoms with Crippen molar-refractivity contribution in [3.05, 3.63) is 180 Å². The molecule has 7 aromatic rings. The summed E-state index contributed by atoms with van der Waals surface area (Å²) < 4.78 is 40.7. The summed E-state index contributed by atoms with van der Waals surface area (Å²) in [6, 6.07) is 7.77. The minimum atomic E-state index is -2.39. The van der Waals surface area contributed by atoms with Crippen molar-refractivity contribution in [2.45, 2.75) is 163 Å². The third-order valence-electron chi connectivity index (χ3n) is 21.6. The standard InChI is InChI=1S/C83H92Cl3N13O26/c1-35(2)24-48(88-5)74(111)96-65-67(106)39-12-17-52(46(85)26-39)121-54-28-41-29-55(71(54)125-81-72(70(109)69(108)56(34-100)123-81)124-60-33-83(4,73(110)36(3)120-60)89-21-23-99-22-20-58(92-82(99)118)91-59(105)19-10-37-8-14-42(84)15-9-37)122-53-18-13-40(27-47(53)86)68(107)66-79(116)95-64(80(117)98(6)119-7)45-30-43(101)31-51(103)61(45)44-25-38(11-16-50(44)102)62(76(113)97-66)94-77(114)63(41)93-75(112)49(32-57(87)104)90-78(65)115/h8-20,22,25-31,35-36,48-49,56,60,62-70,72-73,81,88-89,100-103,106-110H,21,23-24,32-34H2,1-7H3,(H2,87,104)(H,90,115)(H,93,112)(H,94,114)(H,95,116)(H,96,111)(H,97,113)(H,91,92,105,118)/b19-10+/t36?,48?,49?,56?,60?,62?,63?,64-,65?,66?,67?,68?,69?,70?,72?,73?,81?,83-/m1/s1. The molecule has 11 bridgehead atoms. The van der Waals surface area contributed by atoms with E-state index in [4.69, 9.17) is 73.8 Å². The molecule has 0 spiro atoms. The number of phenolic OH excluding ortho intramolecular Hbond substituents is 3. The van der Waals surface area contributed by atoms with Crippen molar-refractivity contribution < 1.29 is 122 Å². The lowest BCUT2D eigenvalue weighted by Gasteiger charge is -2.48. The number of likely N-dealkylation sites (N-methyl/N-ethyl adjacent to an activating group) is 2. The first kappa shape index (κ1) is 92.5. The fraction of sp³-hybridized carbons (Fsp3) is 0.386. The number of halogens is 3. The van der Waals surface area contributed by atoms with Gasteiger partial charge in [0.15, 0.2) is 23.9 Å². The zero-order chi connectivity index (χ0) is 90.5. The highest BCUT2D eigenvalue weighted by molar-refractivity contribution is 6.32. The lowest BCUT2D eigenvalue weighted by molar-refractivity contribution is -0.334. The number of carbonyl (C=O) groups excluding carboxylic acids is 9. The Kier molecular flexibility index (Phi) is 29.1. The molecule has 20 N–H and O–H groups in total. The van der Waals surface area contributed by atoms with Gasteiger partial charge in [0.05, 0.1) is 48.4 Å². The second kappa shape index (κ2) is 39.3. The van der Waals surface area contributed by atoms with Crippen molar-refractivity contribution in [3.8, 4) is 57.1 Å². The number of aliphatic hydroxyl groups excluding tert-OH is 6. The van der Waals surface area contributed by atoms with Gasteiger partial charge in [0, 0.05) is 66.6 Å². The van der Waals surface area contributed by atoms with E-state index in [1.165, 1.54) is 55.1 Å². The van der Waals surface area contributed by atoms with Gasteiger partial charge in [-0.2, -0.15) is 4.98 Å². The number of nitrogens with zero attached hydrogens (tertiary/aromatic N) is 3. The number of aromatic nitrogens is 2. The Hall–Kier alpha value is -11.6. The summed E-state index contributed by atoms with van der Waals surface area (Å²) in [6.07, 6.45) is -15.3. The van der Waals surface area contributed by atoms with E-state index in [1.54, 1.807) is 31.2 Å². The van der Waals surface area contributed by atoms with Crippen LogP contribution >= 0.6 is 34.8 Å². The van der Waals surface area contributed by atoms with E-state index in [0.717, 1.165) is 80.9 Å². The van der Waals surface area contributed by atoms with Crippen molar-refractivity contribution in [2.24, 2.45) is 11.7 Å². The number of primary amides is 1. The summed E-state index contributed by atoms with van der Waals surface area (Å²) >= 11 is 20.4. The molecule has 39 nitrogen and oxygen atoms in total. The molecule has 7 aliphatic rings. The van der Waals surface area contributed by atoms with Crippen LogP contribution in [0.5, 0.6) is 46.0 Å². The monoisotopic (exact) mass is 1790 g/mol. The molecule has 125 heavy (non-hydrogen) atoms. The van der Waals surface area contributed by atoms with Crippen molar-refractivity contribution in [2.75, 3.05) is 39.7 Å². The van der Waals surface area contributed by atoms with Crippen LogP contribution in [0.15, 0.2) is 126 Å². The highest BCUT2D eigenvalue weighted by atomic mass is 35.5. The van der Waals surface area contributed by atoms with Gasteiger partial charge >= 0.3 is 5.69 Å². The zero-order valence-corrected chi connectivity index (χ0v) is 70.0. The normalized spacial score (nSPS) is 26.0. The molecular weight excluding hydrogens is 1700 g/mol. The fourth-order valence-electron chi connectivity index (χ4n) is 15.0. The molecule has 2 fully saturated rings. The average Bonchev–Trinajstić information content (AvgIpc) is 0.763. The predicted octanol–water partition coefficient (Wildman–Crippen LogP) is 2.23. The predicted molar refractivity (Wildman–Crippen MR) is 443 cm³/mol. The van der Waals surface area contributed by atoms with Crippen LogP contribution in [-0.2, 0) is 68.7 Å². The average molecular weight is 1790 g/mol. The number of phenols is 3. The minimum Gasteiger partial charge on any atom is -0.508 e. The van der Waals surface area contributed by atoms with E-state index in [0.29, 0.717) is 15.6 Å². The van der Waals surface area contributed by atoms with Crippen LogP contribution in [0.3, 0.4) is 0 Å².